The second-order valence-electron chi connectivity index (χ2n) is 29.5. The molecule has 16 nitrogen and oxygen atoms in total. The van der Waals surface area contributed by atoms with Gasteiger partial charge in [-0.3, -0.25) is 19.3 Å². The van der Waals surface area contributed by atoms with Crippen molar-refractivity contribution in [3.63, 3.8) is 0 Å². The number of piperidine rings is 3. The van der Waals surface area contributed by atoms with Gasteiger partial charge in [0, 0.05) is 123 Å². The van der Waals surface area contributed by atoms with Crippen LogP contribution in [0.25, 0.3) is 0 Å². The van der Waals surface area contributed by atoms with E-state index in [0.29, 0.717) is 130 Å². The maximum absolute atomic E-state index is 13.5. The molecule has 3 spiro atoms. The zero-order valence-corrected chi connectivity index (χ0v) is 58.3. The number of nitrogens with one attached hydrogen (secondary N) is 2. The molecule has 4 fully saturated rings. The summed E-state index contributed by atoms with van der Waals surface area (Å²) in [6.45, 7) is 17.3. The number of para-hydroxylation sites is 1. The van der Waals surface area contributed by atoms with Gasteiger partial charge in [0.2, 0.25) is 0 Å². The number of hydrogen-bond donors (Lipinski definition) is 2. The molecule has 0 radical (unpaired) electrons. The summed E-state index contributed by atoms with van der Waals surface area (Å²) in [4.78, 5) is 47.4. The molecule has 3 amide bonds. The van der Waals surface area contributed by atoms with Crippen LogP contribution in [0.4, 0.5) is 26.3 Å². The van der Waals surface area contributed by atoms with Crippen LogP contribution >= 0.6 is 0 Å². The Morgan fingerprint density at radius 3 is 1.63 bits per heavy atom. The van der Waals surface area contributed by atoms with Crippen LogP contribution in [-0.4, -0.2) is 136 Å². The molecule has 9 heterocycles. The molecule has 3 saturated heterocycles. The quantitative estimate of drug-likeness (QED) is 0.141. The van der Waals surface area contributed by atoms with E-state index >= 15 is 0 Å². The highest BCUT2D eigenvalue weighted by atomic mass is 19.4. The predicted octanol–water partition coefficient (Wildman–Crippen LogP) is 15.8. The Bertz CT molecular complexity index is 4030. The monoisotopic (exact) mass is 1380 g/mol. The van der Waals surface area contributed by atoms with Crippen LogP contribution in [0.3, 0.4) is 0 Å². The SMILES string of the molecule is COc1cc(C(=O)N2CCC3(CC2)NC2CCCCC2n2cccc23)ccc1C(C)(C)C.COc1cc(C(=O)N2CCC3(CC2)c2ccc(C(F)(F)F)n2CCN3C)ccc1OC(C)(C)C.O=C(c1ccc(Oc2ccccc2)cc1)N1CCC2(CC1)NCCn1c(C(F)(F)F)ccc12.[HH].[HH].[HH].[HH]. The van der Waals surface area contributed by atoms with Gasteiger partial charge in [-0.05, 0) is 193 Å². The summed E-state index contributed by atoms with van der Waals surface area (Å²) in [7, 11) is 5.18. The van der Waals surface area contributed by atoms with E-state index in [4.69, 9.17) is 18.9 Å². The van der Waals surface area contributed by atoms with E-state index in [2.05, 4.69) is 65.3 Å². The van der Waals surface area contributed by atoms with Crippen molar-refractivity contribution in [2.24, 2.45) is 0 Å². The number of likely N-dealkylation sites (tertiary alicyclic amines) is 3. The highest BCUT2D eigenvalue weighted by Gasteiger charge is 2.50. The predicted molar refractivity (Wildman–Crippen MR) is 375 cm³/mol. The van der Waals surface area contributed by atoms with Gasteiger partial charge in [0.15, 0.2) is 11.5 Å². The zero-order chi connectivity index (χ0) is 70.5. The normalized spacial score (nSPS) is 20.3. The number of rotatable bonds is 8. The van der Waals surface area contributed by atoms with E-state index in [1.807, 2.05) is 75.2 Å². The maximum atomic E-state index is 13.5. The van der Waals surface area contributed by atoms with Gasteiger partial charge in [-0.15, -0.1) is 0 Å². The number of aromatic nitrogens is 3. The van der Waals surface area contributed by atoms with E-state index in [1.54, 1.807) is 71.5 Å². The van der Waals surface area contributed by atoms with Crippen molar-refractivity contribution in [3.05, 3.63) is 184 Å². The Morgan fingerprint density at radius 1 is 0.515 bits per heavy atom. The summed E-state index contributed by atoms with van der Waals surface area (Å²) in [5, 5.41) is 7.52. The summed E-state index contributed by atoms with van der Waals surface area (Å²) >= 11 is 0. The number of carbonyl (C=O) groups is 3. The summed E-state index contributed by atoms with van der Waals surface area (Å²) < 4.78 is 109. The Morgan fingerprint density at radius 2 is 1.04 bits per heavy atom. The number of alkyl halides is 6. The first-order valence-corrected chi connectivity index (χ1v) is 34.8. The van der Waals surface area contributed by atoms with Gasteiger partial charge in [0.1, 0.15) is 34.2 Å². The molecule has 6 aliphatic heterocycles. The van der Waals surface area contributed by atoms with Crippen molar-refractivity contribution >= 4 is 17.7 Å². The third-order valence-corrected chi connectivity index (χ3v) is 21.4. The average Bonchev–Trinajstić information content (AvgIpc) is 1.71. The number of hydrogen-bond acceptors (Lipinski definition) is 10. The largest absolute Gasteiger partial charge is 0.496 e. The number of ether oxygens (including phenoxy) is 4. The number of nitrogens with zero attached hydrogens (tertiary/aromatic N) is 7. The molecule has 2 N–H and O–H groups in total. The fourth-order valence-corrected chi connectivity index (χ4v) is 16.3. The Kier molecular flexibility index (Phi) is 19.8. The highest BCUT2D eigenvalue weighted by molar-refractivity contribution is 5.96. The third-order valence-electron chi connectivity index (χ3n) is 21.4. The zero-order valence-electron chi connectivity index (χ0n) is 58.3. The lowest BCUT2D eigenvalue weighted by molar-refractivity contribution is -0.145. The van der Waals surface area contributed by atoms with E-state index in [-0.39, 0.29) is 34.4 Å². The molecule has 1 aliphatic carbocycles. The summed E-state index contributed by atoms with van der Waals surface area (Å²) in [6, 6.07) is 38.7. The number of amides is 3. The molecule has 22 heteroatoms. The van der Waals surface area contributed by atoms with E-state index in [9.17, 15) is 40.7 Å². The summed E-state index contributed by atoms with van der Waals surface area (Å²) in [5.41, 5.74) is 2.98. The van der Waals surface area contributed by atoms with Crippen LogP contribution in [0.1, 0.15) is 183 Å². The van der Waals surface area contributed by atoms with Crippen LogP contribution in [0.2, 0.25) is 0 Å². The second-order valence-corrected chi connectivity index (χ2v) is 29.5. The van der Waals surface area contributed by atoms with Crippen LogP contribution in [-0.2, 0) is 47.5 Å². The van der Waals surface area contributed by atoms with Gasteiger partial charge < -0.3 is 58.0 Å². The number of fused-ring (bicyclic) bond motifs is 8. The first-order chi connectivity index (χ1) is 47.0. The summed E-state index contributed by atoms with van der Waals surface area (Å²) in [5.74, 6) is 3.11. The molecule has 2 unspecified atom stereocenters. The second kappa shape index (κ2) is 27.7. The van der Waals surface area contributed by atoms with Crippen molar-refractivity contribution in [1.82, 2.24) is 43.9 Å². The lowest BCUT2D eigenvalue weighted by Gasteiger charge is -2.52. The minimum absolute atomic E-state index is 0. The molecule has 99 heavy (non-hydrogen) atoms. The molecule has 14 rings (SSSR count). The van der Waals surface area contributed by atoms with Crippen LogP contribution in [0.15, 0.2) is 134 Å². The highest BCUT2D eigenvalue weighted by Crippen LogP contribution is 2.47. The van der Waals surface area contributed by atoms with Crippen molar-refractivity contribution in [1.29, 1.82) is 0 Å². The molecular formula is C77H101F6N9O7. The van der Waals surface area contributed by atoms with Crippen LogP contribution in [0, 0.1) is 0 Å². The molecule has 7 aromatic rings. The molecule has 1 saturated carbocycles. The first-order valence-electron chi connectivity index (χ1n) is 34.8. The van der Waals surface area contributed by atoms with Crippen molar-refractivity contribution in [2.45, 2.75) is 171 Å². The molecule has 7 aliphatic rings. The molecule has 3 aromatic heterocycles. The lowest BCUT2D eigenvalue weighted by Crippen LogP contribution is -2.61. The van der Waals surface area contributed by atoms with Crippen LogP contribution < -0.4 is 29.6 Å². The summed E-state index contributed by atoms with van der Waals surface area (Å²) in [6.07, 6.45) is 2.89. The van der Waals surface area contributed by atoms with Gasteiger partial charge in [0.05, 0.1) is 30.8 Å². The topological polar surface area (TPSA) is 140 Å². The van der Waals surface area contributed by atoms with E-state index in [0.717, 1.165) is 48.6 Å². The maximum Gasteiger partial charge on any atom is 0.431 e. The number of halogens is 6. The molecule has 0 bridgehead atoms. The third kappa shape index (κ3) is 14.5. The number of likely N-dealkylation sites (N-methyl/N-ethyl adjacent to an activating group) is 1. The average molecular weight is 1380 g/mol. The Hall–Kier alpha value is -8.21. The smallest absolute Gasteiger partial charge is 0.431 e. The van der Waals surface area contributed by atoms with Gasteiger partial charge in [-0.2, -0.15) is 26.3 Å². The minimum atomic E-state index is -4.38. The Labute approximate surface area is 582 Å². The van der Waals surface area contributed by atoms with Crippen molar-refractivity contribution < 1.29 is 65.4 Å². The van der Waals surface area contributed by atoms with Gasteiger partial charge in [-0.25, -0.2) is 0 Å². The van der Waals surface area contributed by atoms with Crippen molar-refractivity contribution in [3.8, 4) is 28.7 Å². The fourth-order valence-electron chi connectivity index (χ4n) is 16.3. The van der Waals surface area contributed by atoms with E-state index < -0.39 is 40.4 Å². The minimum Gasteiger partial charge on any atom is -0.496 e. The lowest BCUT2D eigenvalue weighted by atomic mass is 9.77. The molecular weight excluding hydrogens is 1280 g/mol. The van der Waals surface area contributed by atoms with Gasteiger partial charge in [0.25, 0.3) is 17.7 Å². The molecule has 538 valence electrons. The fraction of sp³-hybridized carbons (Fsp3) is 0.494. The standard InChI is InChI=1S/C27H37N3O2.C25H32F3N3O3.C25H24F3N3O2.4H2/c1-26(2,3)20-12-11-19(18-23(20)32-4)25(31)29-16-13-27(14-17-29)24-10-7-15-30(24)22-9-6-5-8-21(22)28-27;1-23(2,3)34-18-7-6-17(16-19(18)33-5)22(32)30-12-10-24(11-13-30)20-8-9-21(25(26,27)28)31(20)15-14-29(24)4;26-25(27,28)22-11-10-21-24(29-14-17-31(21)22)12-15-30(16-13-24)23(32)18-6-8-20(9-7-18)33-19-4-2-1-3-5-19;;;;/h7,10-12,15,18,21-22,28H,5-6,8-9,13-14,16-17H2,1-4H3;6-9,16H,10-15H2,1-5H3;1-11,29H,12-17H2;4*1H. The molecule has 2 atom stereocenters. The van der Waals surface area contributed by atoms with Crippen LogP contribution in [0.5, 0.6) is 28.7 Å². The number of carbonyl (C=O) groups excluding carboxylic acids is 3. The van der Waals surface area contributed by atoms with E-state index in [1.165, 1.54) is 59.8 Å². The number of methoxy groups -OCH3 is 2. The Balaban J connectivity index is 0.000000192. The van der Waals surface area contributed by atoms with Gasteiger partial charge >= 0.3 is 12.4 Å². The molecule has 4 aromatic carbocycles. The van der Waals surface area contributed by atoms with Gasteiger partial charge in [-0.1, -0.05) is 57.9 Å². The first kappa shape index (κ1) is 70.6. The van der Waals surface area contributed by atoms with Crippen molar-refractivity contribution in [2.75, 3.05) is 73.6 Å². The number of benzene rings is 4.